The molecule has 1 saturated carbocycles. The van der Waals surface area contributed by atoms with Gasteiger partial charge in [-0.25, -0.2) is 4.39 Å². The lowest BCUT2D eigenvalue weighted by atomic mass is 9.81. The minimum atomic E-state index is -0.315. The van der Waals surface area contributed by atoms with Gasteiger partial charge in [0.25, 0.3) is 0 Å². The third-order valence-corrected chi connectivity index (χ3v) is 5.00. The molecule has 1 aromatic rings. The van der Waals surface area contributed by atoms with Crippen molar-refractivity contribution in [2.45, 2.75) is 37.0 Å². The number of benzene rings is 1. The number of hydrogen-bond donors (Lipinski definition) is 0. The second kappa shape index (κ2) is 4.47. The molecule has 2 rings (SSSR count). The molecule has 0 heterocycles. The maximum Gasteiger partial charge on any atom is 0.146 e. The van der Waals surface area contributed by atoms with E-state index in [9.17, 15) is 4.39 Å². The van der Waals surface area contributed by atoms with E-state index in [0.29, 0.717) is 10.0 Å². The highest BCUT2D eigenvalue weighted by Crippen LogP contribution is 2.45. The number of hydrogen-bond acceptors (Lipinski definition) is 0. The van der Waals surface area contributed by atoms with Crippen LogP contribution in [0.15, 0.2) is 16.6 Å². The number of halogens is 4. The number of alkyl halides is 1. The quantitative estimate of drug-likeness (QED) is 0.486. The normalized spacial score (nSPS) is 29.7. The van der Waals surface area contributed by atoms with Gasteiger partial charge in [-0.1, -0.05) is 24.6 Å². The van der Waals surface area contributed by atoms with Crippen LogP contribution in [0.3, 0.4) is 0 Å². The second-order valence-electron chi connectivity index (χ2n) is 4.62. The van der Waals surface area contributed by atoms with Gasteiger partial charge >= 0.3 is 0 Å². The average molecular weight is 326 g/mol. The van der Waals surface area contributed by atoms with Gasteiger partial charge in [-0.3, -0.25) is 0 Å². The van der Waals surface area contributed by atoms with Crippen LogP contribution in [0.25, 0.3) is 0 Å². The molecule has 4 heteroatoms. The van der Waals surface area contributed by atoms with Crippen molar-refractivity contribution in [3.05, 3.63) is 33.0 Å². The molecule has 1 aliphatic rings. The monoisotopic (exact) mass is 324 g/mol. The largest absolute Gasteiger partial charge is 0.205 e. The minimum absolute atomic E-state index is 0.145. The van der Waals surface area contributed by atoms with Crippen LogP contribution in [-0.2, 0) is 5.41 Å². The molecule has 2 atom stereocenters. The summed E-state index contributed by atoms with van der Waals surface area (Å²) < 4.78 is 14.7. The molecule has 16 heavy (non-hydrogen) atoms. The predicted octanol–water partition coefficient (Wildman–Crippen LogP) is 5.29. The fourth-order valence-corrected chi connectivity index (χ4v) is 3.33. The standard InChI is InChI=1S/C12H12BrCl2F/c1-12(5-4-7(14)6-12)8-2-3-9(13)10(15)11(8)16/h2-3,7H,4-6H2,1H3. The fourth-order valence-electron chi connectivity index (χ4n) is 2.40. The van der Waals surface area contributed by atoms with Gasteiger partial charge < -0.3 is 0 Å². The first-order valence-corrected chi connectivity index (χ1v) is 6.83. The highest BCUT2D eigenvalue weighted by molar-refractivity contribution is 9.10. The first kappa shape index (κ1) is 12.7. The van der Waals surface area contributed by atoms with Crippen molar-refractivity contribution in [1.82, 2.24) is 0 Å². The lowest BCUT2D eigenvalue weighted by molar-refractivity contribution is 0.457. The molecule has 0 radical (unpaired) electrons. The Labute approximate surface area is 113 Å². The molecule has 0 amide bonds. The molecule has 0 N–H and O–H groups in total. The van der Waals surface area contributed by atoms with Gasteiger partial charge in [0, 0.05) is 9.85 Å². The molecular formula is C12H12BrCl2F. The lowest BCUT2D eigenvalue weighted by Crippen LogP contribution is -2.20. The van der Waals surface area contributed by atoms with Crippen LogP contribution >= 0.6 is 39.1 Å². The molecule has 88 valence electrons. The zero-order valence-corrected chi connectivity index (χ0v) is 12.0. The zero-order valence-electron chi connectivity index (χ0n) is 8.87. The first-order valence-electron chi connectivity index (χ1n) is 5.22. The Bertz CT molecular complexity index is 422. The molecule has 1 aromatic carbocycles. The highest BCUT2D eigenvalue weighted by atomic mass is 79.9. The van der Waals surface area contributed by atoms with Crippen LogP contribution in [0.4, 0.5) is 4.39 Å². The van der Waals surface area contributed by atoms with Crippen LogP contribution < -0.4 is 0 Å². The smallest absolute Gasteiger partial charge is 0.146 e. The van der Waals surface area contributed by atoms with Crippen LogP contribution in [0.2, 0.25) is 5.02 Å². The molecular weight excluding hydrogens is 314 g/mol. The van der Waals surface area contributed by atoms with Gasteiger partial charge in [-0.15, -0.1) is 11.6 Å². The maximum absolute atomic E-state index is 14.1. The van der Waals surface area contributed by atoms with Crippen molar-refractivity contribution in [2.75, 3.05) is 0 Å². The molecule has 0 aromatic heterocycles. The summed E-state index contributed by atoms with van der Waals surface area (Å²) in [6, 6.07) is 3.60. The van der Waals surface area contributed by atoms with Crippen molar-refractivity contribution in [3.8, 4) is 0 Å². The van der Waals surface area contributed by atoms with Crippen LogP contribution in [0.1, 0.15) is 31.7 Å². The molecule has 0 nitrogen and oxygen atoms in total. The molecule has 0 bridgehead atoms. The van der Waals surface area contributed by atoms with Gasteiger partial charge in [0.1, 0.15) is 5.82 Å². The Morgan fingerprint density at radius 3 is 2.75 bits per heavy atom. The Balaban J connectivity index is 2.45. The molecule has 0 saturated heterocycles. The highest BCUT2D eigenvalue weighted by Gasteiger charge is 2.38. The van der Waals surface area contributed by atoms with Gasteiger partial charge in [0.2, 0.25) is 0 Å². The Morgan fingerprint density at radius 2 is 2.19 bits per heavy atom. The summed E-state index contributed by atoms with van der Waals surface area (Å²) in [6.45, 7) is 2.05. The van der Waals surface area contributed by atoms with E-state index in [-0.39, 0.29) is 21.6 Å². The van der Waals surface area contributed by atoms with Crippen molar-refractivity contribution in [3.63, 3.8) is 0 Å². The average Bonchev–Trinajstić information content (AvgIpc) is 2.56. The first-order chi connectivity index (χ1) is 7.44. The molecule has 1 aliphatic carbocycles. The van der Waals surface area contributed by atoms with Gasteiger partial charge in [-0.05, 0) is 52.2 Å². The third-order valence-electron chi connectivity index (χ3n) is 3.37. The Kier molecular flexibility index (Phi) is 3.54. The summed E-state index contributed by atoms with van der Waals surface area (Å²) in [5.74, 6) is -0.315. The minimum Gasteiger partial charge on any atom is -0.205 e. The fraction of sp³-hybridized carbons (Fsp3) is 0.500. The van der Waals surface area contributed by atoms with Crippen LogP contribution in [-0.4, -0.2) is 5.38 Å². The maximum atomic E-state index is 14.1. The summed E-state index contributed by atoms with van der Waals surface area (Å²) >= 11 is 15.2. The molecule has 0 aliphatic heterocycles. The predicted molar refractivity (Wildman–Crippen MR) is 70.0 cm³/mol. The van der Waals surface area contributed by atoms with E-state index in [4.69, 9.17) is 23.2 Å². The Hall–Kier alpha value is 0.210. The van der Waals surface area contributed by atoms with E-state index in [0.717, 1.165) is 19.3 Å². The Morgan fingerprint density at radius 1 is 1.50 bits per heavy atom. The third kappa shape index (κ3) is 2.12. The van der Waals surface area contributed by atoms with Crippen LogP contribution in [0, 0.1) is 5.82 Å². The lowest BCUT2D eigenvalue weighted by Gasteiger charge is -2.25. The number of rotatable bonds is 1. The van der Waals surface area contributed by atoms with Crippen molar-refractivity contribution in [2.24, 2.45) is 0 Å². The van der Waals surface area contributed by atoms with E-state index < -0.39 is 0 Å². The van der Waals surface area contributed by atoms with Gasteiger partial charge in [-0.2, -0.15) is 0 Å². The molecule has 2 unspecified atom stereocenters. The summed E-state index contributed by atoms with van der Waals surface area (Å²) in [5, 5.41) is 0.309. The van der Waals surface area contributed by atoms with E-state index in [1.807, 2.05) is 0 Å². The van der Waals surface area contributed by atoms with Gasteiger partial charge in [0.15, 0.2) is 0 Å². The van der Waals surface area contributed by atoms with E-state index in [2.05, 4.69) is 22.9 Å². The van der Waals surface area contributed by atoms with E-state index in [1.165, 1.54) is 0 Å². The summed E-state index contributed by atoms with van der Waals surface area (Å²) in [4.78, 5) is 0. The van der Waals surface area contributed by atoms with Gasteiger partial charge in [0.05, 0.1) is 5.02 Å². The summed E-state index contributed by atoms with van der Waals surface area (Å²) in [5.41, 5.74) is 0.504. The summed E-state index contributed by atoms with van der Waals surface area (Å²) in [6.07, 6.45) is 2.66. The van der Waals surface area contributed by atoms with E-state index >= 15 is 0 Å². The van der Waals surface area contributed by atoms with Crippen molar-refractivity contribution in [1.29, 1.82) is 0 Å². The van der Waals surface area contributed by atoms with Crippen molar-refractivity contribution >= 4 is 39.1 Å². The molecule has 1 fully saturated rings. The SMILES string of the molecule is CC1(c2ccc(Br)c(Cl)c2F)CCC(Cl)C1. The second-order valence-corrected chi connectivity index (χ2v) is 6.47. The molecule has 0 spiro atoms. The van der Waals surface area contributed by atoms with Crippen molar-refractivity contribution < 1.29 is 4.39 Å². The topological polar surface area (TPSA) is 0 Å². The van der Waals surface area contributed by atoms with Crippen LogP contribution in [0.5, 0.6) is 0 Å². The van der Waals surface area contributed by atoms with E-state index in [1.54, 1.807) is 12.1 Å². The summed E-state index contributed by atoms with van der Waals surface area (Å²) in [7, 11) is 0. The zero-order chi connectivity index (χ0) is 11.9.